The van der Waals surface area contributed by atoms with Crippen LogP contribution in [0.1, 0.15) is 28.8 Å². The van der Waals surface area contributed by atoms with Crippen LogP contribution in [-0.2, 0) is 24.5 Å². The molecule has 0 aliphatic carbocycles. The van der Waals surface area contributed by atoms with Crippen LogP contribution in [0.5, 0.6) is 5.75 Å². The third kappa shape index (κ3) is 3.62. The minimum atomic E-state index is -0.0576. The van der Waals surface area contributed by atoms with E-state index >= 15 is 0 Å². The molecule has 0 saturated heterocycles. The van der Waals surface area contributed by atoms with E-state index in [-0.39, 0.29) is 12.7 Å². The summed E-state index contributed by atoms with van der Waals surface area (Å²) >= 11 is 0. The van der Waals surface area contributed by atoms with Crippen LogP contribution in [0.15, 0.2) is 59.1 Å². The number of rotatable bonds is 5. The standard InChI is InChI=1S/C21H19N5O3/c1-14-7-9-15(10-8-14)18-11-26-17(12-28-18)20(23-25-26)21-22-19(29-24-21)13-27-16-5-3-2-4-6-16/h2-10,18H,11-13H2,1H3/t18-/m0/s1. The maximum atomic E-state index is 6.05. The number of fused-ring (bicyclic) bond motifs is 1. The van der Waals surface area contributed by atoms with Crippen molar-refractivity contribution in [2.24, 2.45) is 0 Å². The van der Waals surface area contributed by atoms with Crippen LogP contribution in [-0.4, -0.2) is 25.1 Å². The van der Waals surface area contributed by atoms with E-state index in [0.29, 0.717) is 30.6 Å². The number of ether oxygens (including phenoxy) is 2. The molecule has 0 N–H and O–H groups in total. The first-order valence-electron chi connectivity index (χ1n) is 9.37. The molecule has 1 aliphatic rings. The van der Waals surface area contributed by atoms with Crippen molar-refractivity contribution < 1.29 is 14.0 Å². The molecule has 0 unspecified atom stereocenters. The predicted octanol–water partition coefficient (Wildman–Crippen LogP) is 3.49. The van der Waals surface area contributed by atoms with E-state index < -0.39 is 0 Å². The van der Waals surface area contributed by atoms with Crippen LogP contribution < -0.4 is 4.74 Å². The molecular formula is C21H19N5O3. The van der Waals surface area contributed by atoms with Crippen molar-refractivity contribution in [2.45, 2.75) is 32.8 Å². The highest BCUT2D eigenvalue weighted by atomic mass is 16.5. The van der Waals surface area contributed by atoms with Crippen molar-refractivity contribution in [3.05, 3.63) is 77.3 Å². The number of aryl methyl sites for hydroxylation is 1. The lowest BCUT2D eigenvalue weighted by atomic mass is 10.1. The first-order chi connectivity index (χ1) is 14.3. The normalized spacial score (nSPS) is 15.8. The zero-order chi connectivity index (χ0) is 19.6. The van der Waals surface area contributed by atoms with Crippen LogP contribution in [0.4, 0.5) is 0 Å². The number of nitrogens with zero attached hydrogens (tertiary/aromatic N) is 5. The fourth-order valence-electron chi connectivity index (χ4n) is 3.24. The molecule has 0 fully saturated rings. The summed E-state index contributed by atoms with van der Waals surface area (Å²) in [6, 6.07) is 17.8. The van der Waals surface area contributed by atoms with Gasteiger partial charge in [-0.3, -0.25) is 0 Å². The van der Waals surface area contributed by atoms with Crippen LogP contribution in [0.3, 0.4) is 0 Å². The first kappa shape index (κ1) is 17.6. The van der Waals surface area contributed by atoms with Gasteiger partial charge in [0.15, 0.2) is 12.3 Å². The van der Waals surface area contributed by atoms with Crippen LogP contribution in [0.2, 0.25) is 0 Å². The quantitative estimate of drug-likeness (QED) is 0.516. The Morgan fingerprint density at radius 3 is 2.76 bits per heavy atom. The minimum Gasteiger partial charge on any atom is -0.484 e. The van der Waals surface area contributed by atoms with Gasteiger partial charge in [-0.05, 0) is 24.6 Å². The third-order valence-electron chi connectivity index (χ3n) is 4.83. The molecule has 8 heteroatoms. The van der Waals surface area contributed by atoms with Crippen molar-refractivity contribution in [1.29, 1.82) is 0 Å². The Hall–Kier alpha value is -3.52. The average Bonchev–Trinajstić information content (AvgIpc) is 3.40. The van der Waals surface area contributed by atoms with Gasteiger partial charge in [-0.2, -0.15) is 4.98 Å². The Morgan fingerprint density at radius 2 is 1.93 bits per heavy atom. The number of hydrogen-bond donors (Lipinski definition) is 0. The summed E-state index contributed by atoms with van der Waals surface area (Å²) in [5, 5.41) is 12.5. The summed E-state index contributed by atoms with van der Waals surface area (Å²) in [6.45, 7) is 3.22. The summed E-state index contributed by atoms with van der Waals surface area (Å²) in [5.74, 6) is 1.50. The average molecular weight is 389 g/mol. The molecule has 3 heterocycles. The number of benzene rings is 2. The molecular weight excluding hydrogens is 370 g/mol. The molecule has 0 bridgehead atoms. The maximum Gasteiger partial charge on any atom is 0.264 e. The van der Waals surface area contributed by atoms with E-state index in [0.717, 1.165) is 17.0 Å². The Bertz CT molecular complexity index is 1110. The van der Waals surface area contributed by atoms with Gasteiger partial charge in [0.1, 0.15) is 11.9 Å². The van der Waals surface area contributed by atoms with Crippen molar-refractivity contribution in [2.75, 3.05) is 0 Å². The van der Waals surface area contributed by atoms with Gasteiger partial charge >= 0.3 is 0 Å². The molecule has 0 amide bonds. The van der Waals surface area contributed by atoms with E-state index in [1.54, 1.807) is 0 Å². The molecule has 0 radical (unpaired) electrons. The van der Waals surface area contributed by atoms with Crippen molar-refractivity contribution in [3.8, 4) is 17.3 Å². The molecule has 0 saturated carbocycles. The summed E-state index contributed by atoms with van der Waals surface area (Å²) in [4.78, 5) is 4.39. The molecule has 4 aromatic rings. The second kappa shape index (κ2) is 7.48. The van der Waals surface area contributed by atoms with Gasteiger partial charge in [0.25, 0.3) is 5.89 Å². The number of aromatic nitrogens is 5. The lowest BCUT2D eigenvalue weighted by molar-refractivity contribution is -0.00112. The van der Waals surface area contributed by atoms with Gasteiger partial charge < -0.3 is 14.0 Å². The number of para-hydroxylation sites is 1. The van der Waals surface area contributed by atoms with Crippen molar-refractivity contribution in [3.63, 3.8) is 0 Å². The summed E-state index contributed by atoms with van der Waals surface area (Å²) < 4.78 is 18.8. The third-order valence-corrected chi connectivity index (χ3v) is 4.83. The summed E-state index contributed by atoms with van der Waals surface area (Å²) in [6.07, 6.45) is -0.0576. The molecule has 1 atom stereocenters. The molecule has 5 rings (SSSR count). The fraction of sp³-hybridized carbons (Fsp3) is 0.238. The van der Waals surface area contributed by atoms with Gasteiger partial charge in [-0.25, -0.2) is 4.68 Å². The van der Waals surface area contributed by atoms with E-state index in [2.05, 4.69) is 51.6 Å². The van der Waals surface area contributed by atoms with Crippen molar-refractivity contribution in [1.82, 2.24) is 25.1 Å². The Labute approximate surface area is 167 Å². The lowest BCUT2D eigenvalue weighted by Gasteiger charge is -2.24. The zero-order valence-corrected chi connectivity index (χ0v) is 15.9. The van der Waals surface area contributed by atoms with Gasteiger partial charge in [0, 0.05) is 0 Å². The lowest BCUT2D eigenvalue weighted by Crippen LogP contribution is -2.22. The maximum absolute atomic E-state index is 6.05. The van der Waals surface area contributed by atoms with E-state index in [9.17, 15) is 0 Å². The van der Waals surface area contributed by atoms with Gasteiger partial charge in [0.2, 0.25) is 5.82 Å². The number of hydrogen-bond acceptors (Lipinski definition) is 7. The largest absolute Gasteiger partial charge is 0.484 e. The predicted molar refractivity (Wildman–Crippen MR) is 103 cm³/mol. The fourth-order valence-corrected chi connectivity index (χ4v) is 3.24. The minimum absolute atomic E-state index is 0.0576. The van der Waals surface area contributed by atoms with Crippen molar-refractivity contribution >= 4 is 0 Å². The second-order valence-electron chi connectivity index (χ2n) is 6.89. The monoisotopic (exact) mass is 389 g/mol. The highest BCUT2D eigenvalue weighted by Gasteiger charge is 2.27. The highest BCUT2D eigenvalue weighted by Crippen LogP contribution is 2.30. The van der Waals surface area contributed by atoms with E-state index in [4.69, 9.17) is 14.0 Å². The molecule has 8 nitrogen and oxygen atoms in total. The van der Waals surface area contributed by atoms with E-state index in [1.165, 1.54) is 5.56 Å². The molecule has 29 heavy (non-hydrogen) atoms. The molecule has 2 aromatic heterocycles. The summed E-state index contributed by atoms with van der Waals surface area (Å²) in [5.41, 5.74) is 3.75. The van der Waals surface area contributed by atoms with Crippen LogP contribution in [0, 0.1) is 6.92 Å². The highest BCUT2D eigenvalue weighted by molar-refractivity contribution is 5.51. The van der Waals surface area contributed by atoms with Crippen LogP contribution >= 0.6 is 0 Å². The molecule has 0 spiro atoms. The van der Waals surface area contributed by atoms with E-state index in [1.807, 2.05) is 35.0 Å². The Kier molecular flexibility index (Phi) is 4.53. The zero-order valence-electron chi connectivity index (χ0n) is 15.9. The SMILES string of the molecule is Cc1ccc([C@@H]2Cn3nnc(-c4noc(COc5ccccc5)n4)c3CO2)cc1. The van der Waals surface area contributed by atoms with Gasteiger partial charge in [-0.15, -0.1) is 5.10 Å². The second-order valence-corrected chi connectivity index (χ2v) is 6.89. The molecule has 2 aromatic carbocycles. The smallest absolute Gasteiger partial charge is 0.264 e. The summed E-state index contributed by atoms with van der Waals surface area (Å²) in [7, 11) is 0. The first-order valence-corrected chi connectivity index (χ1v) is 9.37. The molecule has 1 aliphatic heterocycles. The Morgan fingerprint density at radius 1 is 1.10 bits per heavy atom. The molecule has 146 valence electrons. The Balaban J connectivity index is 1.30. The van der Waals surface area contributed by atoms with Gasteiger partial charge in [0.05, 0.1) is 18.8 Å². The van der Waals surface area contributed by atoms with Crippen LogP contribution in [0.25, 0.3) is 11.5 Å². The van der Waals surface area contributed by atoms with Gasteiger partial charge in [-0.1, -0.05) is 58.4 Å². The topological polar surface area (TPSA) is 88.1 Å².